The Morgan fingerprint density at radius 1 is 1.13 bits per heavy atom. The zero-order valence-corrected chi connectivity index (χ0v) is 18.5. The van der Waals surface area contributed by atoms with Gasteiger partial charge in [0.15, 0.2) is 0 Å². The molecule has 0 atom stereocenters. The third-order valence-corrected chi connectivity index (χ3v) is 6.50. The predicted octanol–water partition coefficient (Wildman–Crippen LogP) is 3.68. The SMILES string of the molecule is O=C(Cc1ccc(OCCCN2CCOCC2)cc1)N1CCC(c2ccc(Cl)s2)=N1. The summed E-state index contributed by atoms with van der Waals surface area (Å²) in [6.07, 6.45) is 2.09. The first-order valence-electron chi connectivity index (χ1n) is 10.3. The number of hydrogen-bond donors (Lipinski definition) is 0. The van der Waals surface area contributed by atoms with E-state index in [1.54, 1.807) is 5.01 Å². The van der Waals surface area contributed by atoms with Gasteiger partial charge in [0.1, 0.15) is 5.75 Å². The number of thiophene rings is 1. The van der Waals surface area contributed by atoms with Crippen LogP contribution in [-0.2, 0) is 16.0 Å². The Morgan fingerprint density at radius 2 is 1.93 bits per heavy atom. The van der Waals surface area contributed by atoms with Crippen LogP contribution in [0.4, 0.5) is 0 Å². The minimum absolute atomic E-state index is 0.00633. The van der Waals surface area contributed by atoms with E-state index in [4.69, 9.17) is 21.1 Å². The first-order chi connectivity index (χ1) is 14.7. The normalized spacial score (nSPS) is 17.2. The smallest absolute Gasteiger partial charge is 0.247 e. The molecule has 4 rings (SSSR count). The molecule has 2 aliphatic rings. The van der Waals surface area contributed by atoms with Crippen LogP contribution >= 0.6 is 22.9 Å². The Balaban J connectivity index is 1.21. The van der Waals surface area contributed by atoms with Crippen molar-refractivity contribution in [2.45, 2.75) is 19.3 Å². The summed E-state index contributed by atoms with van der Waals surface area (Å²) in [7, 11) is 0. The van der Waals surface area contributed by atoms with Crippen molar-refractivity contribution in [3.05, 3.63) is 51.2 Å². The lowest BCUT2D eigenvalue weighted by Crippen LogP contribution is -2.37. The molecule has 2 aliphatic heterocycles. The van der Waals surface area contributed by atoms with Gasteiger partial charge in [0, 0.05) is 26.1 Å². The summed E-state index contributed by atoms with van der Waals surface area (Å²) >= 11 is 7.49. The Hall–Kier alpha value is -1.93. The Morgan fingerprint density at radius 3 is 2.67 bits per heavy atom. The van der Waals surface area contributed by atoms with Crippen molar-refractivity contribution in [3.8, 4) is 5.75 Å². The fourth-order valence-corrected chi connectivity index (χ4v) is 4.61. The molecule has 1 amide bonds. The van der Waals surface area contributed by atoms with Gasteiger partial charge in [0.2, 0.25) is 5.91 Å². The molecule has 0 spiro atoms. The average molecular weight is 448 g/mol. The lowest BCUT2D eigenvalue weighted by molar-refractivity contribution is -0.130. The maximum atomic E-state index is 12.6. The van der Waals surface area contributed by atoms with Crippen LogP contribution in [0.25, 0.3) is 0 Å². The van der Waals surface area contributed by atoms with E-state index in [0.29, 0.717) is 19.6 Å². The van der Waals surface area contributed by atoms with E-state index in [1.165, 1.54) is 11.3 Å². The van der Waals surface area contributed by atoms with Crippen LogP contribution < -0.4 is 4.74 Å². The van der Waals surface area contributed by atoms with Gasteiger partial charge in [-0.05, 0) is 36.2 Å². The molecule has 1 fully saturated rings. The molecule has 0 aliphatic carbocycles. The van der Waals surface area contributed by atoms with Crippen LogP contribution in [0.1, 0.15) is 23.3 Å². The average Bonchev–Trinajstić information content (AvgIpc) is 3.42. The van der Waals surface area contributed by atoms with E-state index in [0.717, 1.165) is 71.9 Å². The van der Waals surface area contributed by atoms with Gasteiger partial charge in [-0.2, -0.15) is 5.10 Å². The quantitative estimate of drug-likeness (QED) is 0.579. The molecule has 1 aromatic heterocycles. The van der Waals surface area contributed by atoms with E-state index < -0.39 is 0 Å². The fraction of sp³-hybridized carbons (Fsp3) is 0.455. The summed E-state index contributed by atoms with van der Waals surface area (Å²) in [6, 6.07) is 11.6. The van der Waals surface area contributed by atoms with Gasteiger partial charge < -0.3 is 9.47 Å². The Bertz CT molecular complexity index is 878. The highest BCUT2D eigenvalue weighted by Gasteiger charge is 2.22. The van der Waals surface area contributed by atoms with Crippen LogP contribution in [0.3, 0.4) is 0 Å². The number of benzene rings is 1. The largest absolute Gasteiger partial charge is 0.494 e. The van der Waals surface area contributed by atoms with Crippen LogP contribution in [0, 0.1) is 0 Å². The zero-order valence-electron chi connectivity index (χ0n) is 16.9. The standard InChI is InChI=1S/C22H26ClN3O3S/c23-21-7-6-20(30-21)19-8-10-26(24-19)22(27)16-17-2-4-18(5-3-17)29-13-1-9-25-11-14-28-15-12-25/h2-7H,1,8-16H2. The van der Waals surface area contributed by atoms with Crippen molar-refractivity contribution in [2.24, 2.45) is 5.10 Å². The lowest BCUT2D eigenvalue weighted by atomic mass is 10.1. The fourth-order valence-electron chi connectivity index (χ4n) is 3.55. The predicted molar refractivity (Wildman–Crippen MR) is 120 cm³/mol. The van der Waals surface area contributed by atoms with Gasteiger partial charge in [-0.3, -0.25) is 9.69 Å². The molecular formula is C22H26ClN3O3S. The van der Waals surface area contributed by atoms with E-state index >= 15 is 0 Å². The molecular weight excluding hydrogens is 422 g/mol. The van der Waals surface area contributed by atoms with Crippen molar-refractivity contribution in [1.82, 2.24) is 9.91 Å². The third-order valence-electron chi connectivity index (χ3n) is 5.22. The summed E-state index contributed by atoms with van der Waals surface area (Å²) in [6.45, 7) is 6.01. The molecule has 0 radical (unpaired) electrons. The van der Waals surface area contributed by atoms with Crippen LogP contribution in [0.5, 0.6) is 5.75 Å². The van der Waals surface area contributed by atoms with Gasteiger partial charge in [-0.15, -0.1) is 11.3 Å². The lowest BCUT2D eigenvalue weighted by Gasteiger charge is -2.26. The first-order valence-corrected chi connectivity index (χ1v) is 11.5. The molecule has 30 heavy (non-hydrogen) atoms. The number of rotatable bonds is 8. The zero-order chi connectivity index (χ0) is 20.8. The number of hydrogen-bond acceptors (Lipinski definition) is 6. The molecule has 6 nitrogen and oxygen atoms in total. The second-order valence-corrected chi connectivity index (χ2v) is 9.11. The summed E-state index contributed by atoms with van der Waals surface area (Å²) in [5, 5.41) is 6.06. The van der Waals surface area contributed by atoms with Crippen molar-refractivity contribution in [3.63, 3.8) is 0 Å². The second-order valence-electron chi connectivity index (χ2n) is 7.39. The number of ether oxygens (including phenoxy) is 2. The molecule has 0 N–H and O–H groups in total. The number of carbonyl (C=O) groups is 1. The number of nitrogens with zero attached hydrogens (tertiary/aromatic N) is 3. The molecule has 1 aromatic carbocycles. The van der Waals surface area contributed by atoms with E-state index in [1.807, 2.05) is 36.4 Å². The minimum atomic E-state index is 0.00633. The second kappa shape index (κ2) is 10.4. The highest BCUT2D eigenvalue weighted by molar-refractivity contribution is 7.18. The molecule has 0 saturated carbocycles. The van der Waals surface area contributed by atoms with E-state index in [9.17, 15) is 4.79 Å². The molecule has 2 aromatic rings. The highest BCUT2D eigenvalue weighted by atomic mass is 35.5. The summed E-state index contributed by atoms with van der Waals surface area (Å²) in [5.41, 5.74) is 1.89. The molecule has 3 heterocycles. The number of morpholine rings is 1. The van der Waals surface area contributed by atoms with Gasteiger partial charge in [0.05, 0.1) is 47.7 Å². The molecule has 8 heteroatoms. The summed E-state index contributed by atoms with van der Waals surface area (Å²) in [4.78, 5) is 16.0. The van der Waals surface area contributed by atoms with Crippen molar-refractivity contribution >= 4 is 34.6 Å². The number of amides is 1. The van der Waals surface area contributed by atoms with Gasteiger partial charge >= 0.3 is 0 Å². The third kappa shape index (κ3) is 5.82. The minimum Gasteiger partial charge on any atom is -0.494 e. The summed E-state index contributed by atoms with van der Waals surface area (Å²) in [5.74, 6) is 0.844. The molecule has 1 saturated heterocycles. The molecule has 160 valence electrons. The van der Waals surface area contributed by atoms with Gasteiger partial charge in [-0.25, -0.2) is 5.01 Å². The highest BCUT2D eigenvalue weighted by Crippen LogP contribution is 2.25. The number of carbonyl (C=O) groups excluding carboxylic acids is 1. The van der Waals surface area contributed by atoms with Crippen LogP contribution in [-0.4, -0.2) is 67.5 Å². The Labute approximate surface area is 186 Å². The maximum absolute atomic E-state index is 12.6. The molecule has 0 bridgehead atoms. The van der Waals surface area contributed by atoms with E-state index in [2.05, 4.69) is 10.0 Å². The topological polar surface area (TPSA) is 54.4 Å². The number of halogens is 1. The van der Waals surface area contributed by atoms with Gasteiger partial charge in [0.25, 0.3) is 0 Å². The van der Waals surface area contributed by atoms with Crippen LogP contribution in [0.2, 0.25) is 4.34 Å². The van der Waals surface area contributed by atoms with Crippen molar-refractivity contribution < 1.29 is 14.3 Å². The van der Waals surface area contributed by atoms with Crippen molar-refractivity contribution in [1.29, 1.82) is 0 Å². The first kappa shape index (κ1) is 21.3. The maximum Gasteiger partial charge on any atom is 0.247 e. The summed E-state index contributed by atoms with van der Waals surface area (Å²) < 4.78 is 11.9. The van der Waals surface area contributed by atoms with Crippen molar-refractivity contribution in [2.75, 3.05) is 46.0 Å². The monoisotopic (exact) mass is 447 g/mol. The van der Waals surface area contributed by atoms with Gasteiger partial charge in [-0.1, -0.05) is 23.7 Å². The van der Waals surface area contributed by atoms with Crippen LogP contribution in [0.15, 0.2) is 41.5 Å². The number of hydrazone groups is 1. The van der Waals surface area contributed by atoms with E-state index in [-0.39, 0.29) is 5.91 Å². The Kier molecular flexibility index (Phi) is 7.38. The molecule has 0 unspecified atom stereocenters.